The molecule has 2 aliphatic heterocycles. The number of nitrogens with one attached hydrogen (secondary N) is 13. The summed E-state index contributed by atoms with van der Waals surface area (Å²) in [6.45, 7) is 9.09. The van der Waals surface area contributed by atoms with Crippen molar-refractivity contribution < 1.29 is 151 Å². The molecule has 1 aromatic carbocycles. The number of carboxylic acids is 7. The Bertz CT molecular complexity index is 4140. The lowest BCUT2D eigenvalue weighted by Crippen LogP contribution is -2.61. The van der Waals surface area contributed by atoms with Gasteiger partial charge >= 0.3 is 41.8 Å². The summed E-state index contributed by atoms with van der Waals surface area (Å²) in [5, 5.41) is 107. The van der Waals surface area contributed by atoms with Crippen LogP contribution in [0.3, 0.4) is 0 Å². The van der Waals surface area contributed by atoms with E-state index in [9.17, 15) is 151 Å². The van der Waals surface area contributed by atoms with Crippen molar-refractivity contribution >= 4 is 148 Å². The molecule has 2 aliphatic rings. The van der Waals surface area contributed by atoms with Gasteiger partial charge in [-0.1, -0.05) is 60.1 Å². The highest BCUT2D eigenvalue weighted by atomic mass is 32.2. The van der Waals surface area contributed by atoms with Crippen LogP contribution in [0.5, 0.6) is 5.75 Å². The van der Waals surface area contributed by atoms with Gasteiger partial charge in [0.1, 0.15) is 90.3 Å². The normalized spacial score (nSPS) is 16.8. The molecule has 3 rings (SSSR count). The van der Waals surface area contributed by atoms with Gasteiger partial charge in [-0.2, -0.15) is 11.8 Å². The van der Waals surface area contributed by atoms with Crippen LogP contribution in [-0.4, -0.2) is 309 Å². The van der Waals surface area contributed by atoms with E-state index in [0.717, 1.165) is 16.7 Å². The zero-order valence-electron chi connectivity index (χ0n) is 70.7. The average Bonchev–Trinajstić information content (AvgIpc) is 1.66. The van der Waals surface area contributed by atoms with Crippen LogP contribution in [0.25, 0.3) is 0 Å². The van der Waals surface area contributed by atoms with Crippen molar-refractivity contribution in [2.24, 2.45) is 29.2 Å². The quantitative estimate of drug-likeness (QED) is 0.0288. The molecule has 126 heavy (non-hydrogen) atoms. The smallest absolute Gasteiger partial charge is 0.325 e. The molecule has 25 N–H and O–H groups in total. The van der Waals surface area contributed by atoms with Gasteiger partial charge < -0.3 is 131 Å². The number of amides is 16. The third kappa shape index (κ3) is 36.9. The van der Waals surface area contributed by atoms with E-state index in [1.807, 2.05) is 10.6 Å². The Morgan fingerprint density at radius 3 is 1.27 bits per heavy atom. The number of benzene rings is 1. The van der Waals surface area contributed by atoms with Gasteiger partial charge in [0.15, 0.2) is 0 Å². The fourth-order valence-electron chi connectivity index (χ4n) is 13.2. The molecule has 0 saturated carbocycles. The first-order chi connectivity index (χ1) is 59.0. The highest BCUT2D eigenvalue weighted by Gasteiger charge is 2.45. The summed E-state index contributed by atoms with van der Waals surface area (Å²) in [5.41, 5.74) is 11.9. The van der Waals surface area contributed by atoms with Crippen LogP contribution in [0.1, 0.15) is 163 Å². The second-order valence-corrected chi connectivity index (χ2v) is 32.0. The van der Waals surface area contributed by atoms with Crippen molar-refractivity contribution in [2.75, 3.05) is 31.6 Å². The number of phenols is 1. The summed E-state index contributed by atoms with van der Waals surface area (Å²) in [6, 6.07) is -20.0. The monoisotopic (exact) mass is 1810 g/mol. The van der Waals surface area contributed by atoms with Crippen molar-refractivity contribution in [1.29, 1.82) is 0 Å². The highest BCUT2D eigenvalue weighted by Crippen LogP contribution is 2.24. The van der Waals surface area contributed by atoms with Gasteiger partial charge in [-0.25, -0.2) is 0 Å². The minimum Gasteiger partial charge on any atom is -0.508 e. The Kier molecular flexibility index (Phi) is 44.9. The second kappa shape index (κ2) is 52.7. The number of carbonyl (C=O) groups is 23. The summed E-state index contributed by atoms with van der Waals surface area (Å²) in [6.07, 6.45) is -7.44. The molecule has 16 amide bonds. The summed E-state index contributed by atoms with van der Waals surface area (Å²) < 4.78 is 0. The molecular weight excluding hydrogens is 1690 g/mol. The van der Waals surface area contributed by atoms with Gasteiger partial charge in [0.25, 0.3) is 0 Å². The van der Waals surface area contributed by atoms with Crippen molar-refractivity contribution in [3.8, 4) is 5.75 Å². The Labute approximate surface area is 726 Å². The number of aromatic hydroxyl groups is 1. The Hall–Kier alpha value is -12.9. The molecule has 2 fully saturated rings. The van der Waals surface area contributed by atoms with Crippen LogP contribution in [0.15, 0.2) is 24.3 Å². The predicted molar refractivity (Wildman–Crippen MR) is 437 cm³/mol. The van der Waals surface area contributed by atoms with Crippen molar-refractivity contribution in [2.45, 2.75) is 255 Å². The van der Waals surface area contributed by atoms with E-state index >= 15 is 0 Å². The number of phenolic OH excluding ortho intramolecular Hbond substituents is 1. The number of carbonyl (C=O) groups excluding carboxylic acids is 16. The molecule has 0 aromatic heterocycles. The first-order valence-corrected chi connectivity index (χ1v) is 41.7. The van der Waals surface area contributed by atoms with Crippen LogP contribution < -0.4 is 80.6 Å². The molecule has 2 heterocycles. The minimum atomic E-state index is -2.15. The van der Waals surface area contributed by atoms with Crippen molar-refractivity contribution in [1.82, 2.24) is 78.9 Å². The molecule has 0 unspecified atom stereocenters. The molecule has 0 radical (unpaired) electrons. The van der Waals surface area contributed by atoms with Gasteiger partial charge in [0, 0.05) is 32.4 Å². The van der Waals surface area contributed by atoms with Crippen molar-refractivity contribution in [3.05, 3.63) is 29.8 Å². The fourth-order valence-corrected chi connectivity index (χ4v) is 13.6. The van der Waals surface area contributed by atoms with E-state index in [4.69, 9.17) is 11.5 Å². The maximum Gasteiger partial charge on any atom is 0.325 e. The first kappa shape index (κ1) is 107. The number of rotatable bonds is 56. The number of primary amides is 1. The lowest BCUT2D eigenvalue weighted by atomic mass is 9.96. The Balaban J connectivity index is 1.85. The maximum atomic E-state index is 14.8. The summed E-state index contributed by atoms with van der Waals surface area (Å²) in [4.78, 5) is 307. The number of likely N-dealkylation sites (tertiary alicyclic amines) is 2. The summed E-state index contributed by atoms with van der Waals surface area (Å²) in [7, 11) is 0. The molecule has 700 valence electrons. The van der Waals surface area contributed by atoms with E-state index in [1.54, 1.807) is 34.0 Å². The van der Waals surface area contributed by atoms with Crippen LogP contribution >= 0.6 is 11.8 Å². The van der Waals surface area contributed by atoms with E-state index in [0.29, 0.717) is 5.56 Å². The number of aliphatic carboxylic acids is 7. The number of nitrogens with two attached hydrogens (primary N) is 2. The molecule has 0 bridgehead atoms. The molecular formula is C77H115N17O31S. The van der Waals surface area contributed by atoms with Crippen LogP contribution in [-0.2, 0) is 117 Å². The Morgan fingerprint density at radius 1 is 0.437 bits per heavy atom. The second-order valence-electron chi connectivity index (χ2n) is 31.0. The summed E-state index contributed by atoms with van der Waals surface area (Å²) in [5.74, 6) is -31.3. The number of carboxylic acid groups (broad SMARTS) is 7. The summed E-state index contributed by atoms with van der Waals surface area (Å²) >= 11 is 1.18. The molecule has 2 saturated heterocycles. The number of hydrogen-bond acceptors (Lipinski definition) is 26. The molecule has 16 atom stereocenters. The minimum absolute atomic E-state index is 0.00588. The fraction of sp³-hybridized carbons (Fsp3) is 0.623. The van der Waals surface area contributed by atoms with E-state index in [2.05, 4.69) is 58.5 Å². The van der Waals surface area contributed by atoms with Gasteiger partial charge in [0.05, 0.1) is 38.3 Å². The van der Waals surface area contributed by atoms with E-state index in [1.165, 1.54) is 49.9 Å². The zero-order chi connectivity index (χ0) is 95.3. The van der Waals surface area contributed by atoms with Gasteiger partial charge in [-0.15, -0.1) is 0 Å². The third-order valence-electron chi connectivity index (χ3n) is 20.1. The third-order valence-corrected chi connectivity index (χ3v) is 20.7. The van der Waals surface area contributed by atoms with E-state index in [-0.39, 0.29) is 76.0 Å². The average molecular weight is 1810 g/mol. The van der Waals surface area contributed by atoms with Crippen LogP contribution in [0.2, 0.25) is 0 Å². The number of nitrogens with zero attached hydrogens (tertiary/aromatic N) is 2. The maximum absolute atomic E-state index is 14.8. The van der Waals surface area contributed by atoms with Crippen LogP contribution in [0, 0.1) is 17.8 Å². The molecule has 49 heteroatoms. The lowest BCUT2D eigenvalue weighted by molar-refractivity contribution is -0.147. The van der Waals surface area contributed by atoms with Gasteiger partial charge in [0.2, 0.25) is 94.5 Å². The largest absolute Gasteiger partial charge is 0.508 e. The molecule has 48 nitrogen and oxygen atoms in total. The zero-order valence-corrected chi connectivity index (χ0v) is 71.5. The standard InChI is InChI=1S/C77H115N17O31S/c1-9-37(6)62(91-54(97)34-80-64(111)42(18-21-55(98)99)82-63(110)41(78)29-39-14-16-40(95)17-15-39)74(121)89-46(28-35(2)3)67(114)84-44(20-23-57(102)103)66(113)87-48(31-58(104)105)69(116)85-45(24-27-126-8)75(122)93-25-11-13-52(93)72(119)92-61(36(4)5)73(120)90-50(33-60(108)109)76(123)94-26-10-12-51(94)71(118)88-49(32-59(106)107)70(117)86-47(30-53(79)96)68(115)83-43(19-22-56(100)101)65(112)81-38(7)77(124)125/h14-17,35-38,41-52,61-62,95H,9-13,18-34,78H2,1-8H3,(H2,79,96)(H,80,111)(H,81,112)(H,82,110)(H,83,115)(H,84,114)(H,85,116)(H,86,117)(H,87,113)(H,88,118)(H,89,121)(H,90,120)(H,91,97)(H,92,119)(H,98,99)(H,100,101)(H,102,103)(H,104,105)(H,106,107)(H,108,109)(H,124,125)/t37-,38-,41-,42-,43-,44-,45-,46-,47-,48-,49-,50-,51-,52-,61-,62-/m0/s1. The topological polar surface area (TPSA) is 769 Å². The predicted octanol–water partition coefficient (Wildman–Crippen LogP) is -6.32. The molecule has 0 aliphatic carbocycles. The highest BCUT2D eigenvalue weighted by molar-refractivity contribution is 7.98. The van der Waals surface area contributed by atoms with Crippen molar-refractivity contribution in [3.63, 3.8) is 0 Å². The van der Waals surface area contributed by atoms with Gasteiger partial charge in [-0.05, 0) is 119 Å². The molecule has 0 spiro atoms. The SMILES string of the molecule is CC[C@H](C)[C@H](NC(=O)CNC(=O)[C@H](CCC(=O)O)NC(=O)[C@@H](N)Cc1ccc(O)cc1)C(=O)N[C@@H](CC(C)C)C(=O)N[C@@H](CCC(=O)O)C(=O)N[C@@H](CC(=O)O)C(=O)N[C@@H](CCSC)C(=O)N1CCC[C@H]1C(=O)N[C@H](C(=O)N[C@@H](CC(=O)O)C(=O)N1CCC[C@H]1C(=O)N[C@@H](CC(=O)O)C(=O)N[C@@H](CC(N)=O)C(=O)N[C@@H](CCC(=O)O)C(=O)N[C@@H](C)C(=O)O)C(C)C. The first-order valence-electron chi connectivity index (χ1n) is 40.4. The van der Waals surface area contributed by atoms with E-state index < -0.39 is 315 Å². The number of thioether (sulfide) groups is 1. The van der Waals surface area contributed by atoms with Gasteiger partial charge in [-0.3, -0.25) is 110 Å². The molecule has 1 aromatic rings. The van der Waals surface area contributed by atoms with Crippen LogP contribution in [0.4, 0.5) is 0 Å². The lowest BCUT2D eigenvalue weighted by Gasteiger charge is -2.32. The Morgan fingerprint density at radius 2 is 0.825 bits per heavy atom. The number of hydrogen-bond donors (Lipinski definition) is 23.